The smallest absolute Gasteiger partial charge is 0.328 e. The fourth-order valence-electron chi connectivity index (χ4n) is 0.695. The van der Waals surface area contributed by atoms with Gasteiger partial charge in [0, 0.05) is 25.0 Å². The molecule has 18 heavy (non-hydrogen) atoms. The molecule has 8 nitrogen and oxygen atoms in total. The first-order valence-electron chi connectivity index (χ1n) is 4.83. The third kappa shape index (κ3) is 23.4. The third-order valence-corrected chi connectivity index (χ3v) is 1.40. The highest BCUT2D eigenvalue weighted by molar-refractivity contribution is 5.89. The van der Waals surface area contributed by atoms with Crippen molar-refractivity contribution in [1.29, 1.82) is 0 Å². The molecule has 0 amide bonds. The molecule has 4 N–H and O–H groups in total. The van der Waals surface area contributed by atoms with Gasteiger partial charge in [0.05, 0.1) is 0 Å². The monoisotopic (exact) mass is 262 g/mol. The number of rotatable bonds is 7. The average Bonchev–Trinajstić information content (AvgIpc) is 2.22. The Morgan fingerprint density at radius 2 is 0.944 bits per heavy atom. The van der Waals surface area contributed by atoms with Crippen molar-refractivity contribution in [1.82, 2.24) is 0 Å². The van der Waals surface area contributed by atoms with Crippen LogP contribution in [-0.2, 0) is 19.2 Å². The summed E-state index contributed by atoms with van der Waals surface area (Å²) in [7, 11) is 0. The summed E-state index contributed by atoms with van der Waals surface area (Å²) in [6, 6.07) is 0. The molecule has 8 heteroatoms. The standard InChI is InChI=1S/C6H10O4.C4H4O4/c7-5(8)3-1-2-4-6(9)10;5-3(6)1-2-4(7)8/h1-4H2,(H,7,8)(H,9,10);1-2H,(H,5,6)(H,7,8)/b;2-1+. The molecule has 0 aliphatic heterocycles. The van der Waals surface area contributed by atoms with Gasteiger partial charge in [0.25, 0.3) is 0 Å². The molecular weight excluding hydrogens is 248 g/mol. The Hall–Kier alpha value is -2.38. The van der Waals surface area contributed by atoms with E-state index in [2.05, 4.69) is 0 Å². The molecule has 0 aliphatic carbocycles. The number of carboxylic acid groups (broad SMARTS) is 4. The molecule has 0 radical (unpaired) electrons. The molecule has 0 aromatic rings. The number of unbranched alkanes of at least 4 members (excludes halogenated alkanes) is 1. The zero-order valence-corrected chi connectivity index (χ0v) is 9.40. The normalized spacial score (nSPS) is 9.33. The van der Waals surface area contributed by atoms with Crippen LogP contribution in [0.25, 0.3) is 0 Å². The van der Waals surface area contributed by atoms with Crippen LogP contribution in [0.5, 0.6) is 0 Å². The maximum absolute atomic E-state index is 9.90. The lowest BCUT2D eigenvalue weighted by molar-refractivity contribution is -0.139. The molecule has 0 saturated heterocycles. The van der Waals surface area contributed by atoms with E-state index in [-0.39, 0.29) is 12.8 Å². The van der Waals surface area contributed by atoms with Crippen molar-refractivity contribution in [2.24, 2.45) is 0 Å². The summed E-state index contributed by atoms with van der Waals surface area (Å²) in [6.45, 7) is 0. The highest BCUT2D eigenvalue weighted by Crippen LogP contribution is 1.98. The zero-order valence-electron chi connectivity index (χ0n) is 9.40. The lowest BCUT2D eigenvalue weighted by Crippen LogP contribution is -1.97. The molecule has 0 bridgehead atoms. The number of hydrogen-bond donors (Lipinski definition) is 4. The summed E-state index contributed by atoms with van der Waals surface area (Å²) in [6.07, 6.45) is 2.13. The Balaban J connectivity index is 0. The van der Waals surface area contributed by atoms with Crippen molar-refractivity contribution < 1.29 is 39.6 Å². The van der Waals surface area contributed by atoms with Crippen LogP contribution in [0.1, 0.15) is 25.7 Å². The van der Waals surface area contributed by atoms with Crippen molar-refractivity contribution in [3.05, 3.63) is 12.2 Å². The molecular formula is C10H14O8. The Labute approximate surface area is 102 Å². The van der Waals surface area contributed by atoms with Crippen LogP contribution in [0.2, 0.25) is 0 Å². The maximum Gasteiger partial charge on any atom is 0.328 e. The summed E-state index contributed by atoms with van der Waals surface area (Å²) in [5, 5.41) is 31.9. The van der Waals surface area contributed by atoms with E-state index in [0.717, 1.165) is 0 Å². The Bertz CT molecular complexity index is 299. The summed E-state index contributed by atoms with van der Waals surface area (Å²) in [5.41, 5.74) is 0. The van der Waals surface area contributed by atoms with E-state index in [0.29, 0.717) is 25.0 Å². The fraction of sp³-hybridized carbons (Fsp3) is 0.400. The second kappa shape index (κ2) is 11.1. The van der Waals surface area contributed by atoms with E-state index < -0.39 is 23.9 Å². The van der Waals surface area contributed by atoms with Gasteiger partial charge in [0.1, 0.15) is 0 Å². The molecule has 0 aliphatic rings. The van der Waals surface area contributed by atoms with Crippen LogP contribution in [0.3, 0.4) is 0 Å². The van der Waals surface area contributed by atoms with Crippen molar-refractivity contribution >= 4 is 23.9 Å². The first-order chi connectivity index (χ1) is 8.25. The Kier molecular flexibility index (Phi) is 11.1. The predicted octanol–water partition coefficient (Wildman–Crippen LogP) is 0.428. The first-order valence-corrected chi connectivity index (χ1v) is 4.83. The van der Waals surface area contributed by atoms with Gasteiger partial charge in [0.2, 0.25) is 0 Å². The largest absolute Gasteiger partial charge is 0.481 e. The average molecular weight is 262 g/mol. The van der Waals surface area contributed by atoms with Gasteiger partial charge in [-0.2, -0.15) is 0 Å². The second-order valence-electron chi connectivity index (χ2n) is 3.00. The van der Waals surface area contributed by atoms with E-state index in [1.165, 1.54) is 0 Å². The Morgan fingerprint density at radius 1 is 0.667 bits per heavy atom. The molecule has 0 aromatic carbocycles. The molecule has 0 unspecified atom stereocenters. The number of hydrogen-bond acceptors (Lipinski definition) is 4. The SMILES string of the molecule is O=C(O)/C=C/C(=O)O.O=C(O)CCCCC(=O)O. The zero-order chi connectivity index (χ0) is 14.6. The van der Waals surface area contributed by atoms with Gasteiger partial charge in [-0.05, 0) is 12.8 Å². The third-order valence-electron chi connectivity index (χ3n) is 1.40. The predicted molar refractivity (Wildman–Crippen MR) is 58.2 cm³/mol. The van der Waals surface area contributed by atoms with E-state index in [1.807, 2.05) is 0 Å². The second-order valence-corrected chi connectivity index (χ2v) is 3.00. The lowest BCUT2D eigenvalue weighted by Gasteiger charge is -1.92. The minimum Gasteiger partial charge on any atom is -0.481 e. The molecule has 0 aromatic heterocycles. The first kappa shape index (κ1) is 18.0. The molecule has 0 atom stereocenters. The van der Waals surface area contributed by atoms with Crippen molar-refractivity contribution in [3.8, 4) is 0 Å². The topological polar surface area (TPSA) is 149 Å². The number of carbonyl (C=O) groups is 4. The number of carboxylic acids is 4. The minimum atomic E-state index is -1.26. The Morgan fingerprint density at radius 3 is 1.11 bits per heavy atom. The minimum absolute atomic E-state index is 0.0628. The van der Waals surface area contributed by atoms with Gasteiger partial charge in [-0.25, -0.2) is 9.59 Å². The van der Waals surface area contributed by atoms with Gasteiger partial charge in [-0.1, -0.05) is 0 Å². The molecule has 0 heterocycles. The van der Waals surface area contributed by atoms with E-state index in [4.69, 9.17) is 20.4 Å². The van der Waals surface area contributed by atoms with Gasteiger partial charge >= 0.3 is 23.9 Å². The van der Waals surface area contributed by atoms with Crippen molar-refractivity contribution in [3.63, 3.8) is 0 Å². The highest BCUT2D eigenvalue weighted by atomic mass is 16.4. The van der Waals surface area contributed by atoms with Gasteiger partial charge in [0.15, 0.2) is 0 Å². The van der Waals surface area contributed by atoms with Crippen LogP contribution in [0.4, 0.5) is 0 Å². The van der Waals surface area contributed by atoms with Gasteiger partial charge in [-0.15, -0.1) is 0 Å². The molecule has 102 valence electrons. The van der Waals surface area contributed by atoms with Crippen LogP contribution in [0.15, 0.2) is 12.2 Å². The van der Waals surface area contributed by atoms with Crippen LogP contribution < -0.4 is 0 Å². The van der Waals surface area contributed by atoms with Crippen LogP contribution >= 0.6 is 0 Å². The fourth-order valence-corrected chi connectivity index (χ4v) is 0.695. The summed E-state index contributed by atoms with van der Waals surface area (Å²) in [5.74, 6) is -4.25. The van der Waals surface area contributed by atoms with Crippen molar-refractivity contribution in [2.75, 3.05) is 0 Å². The summed E-state index contributed by atoms with van der Waals surface area (Å²) < 4.78 is 0. The highest BCUT2D eigenvalue weighted by Gasteiger charge is 1.99. The van der Waals surface area contributed by atoms with Gasteiger partial charge < -0.3 is 20.4 Å². The van der Waals surface area contributed by atoms with Crippen LogP contribution in [0, 0.1) is 0 Å². The molecule has 0 saturated carbocycles. The lowest BCUT2D eigenvalue weighted by atomic mass is 10.2. The number of aliphatic carboxylic acids is 4. The summed E-state index contributed by atoms with van der Waals surface area (Å²) in [4.78, 5) is 38.9. The van der Waals surface area contributed by atoms with E-state index in [9.17, 15) is 19.2 Å². The molecule has 0 rings (SSSR count). The van der Waals surface area contributed by atoms with E-state index >= 15 is 0 Å². The molecule has 0 spiro atoms. The maximum atomic E-state index is 9.90. The quantitative estimate of drug-likeness (QED) is 0.381. The van der Waals surface area contributed by atoms with Gasteiger partial charge in [-0.3, -0.25) is 9.59 Å². The summed E-state index contributed by atoms with van der Waals surface area (Å²) >= 11 is 0. The van der Waals surface area contributed by atoms with Crippen molar-refractivity contribution in [2.45, 2.75) is 25.7 Å². The van der Waals surface area contributed by atoms with E-state index in [1.54, 1.807) is 0 Å². The molecule has 0 fully saturated rings. The van der Waals surface area contributed by atoms with Crippen LogP contribution in [-0.4, -0.2) is 44.3 Å².